The third-order valence-corrected chi connectivity index (χ3v) is 7.17. The fourth-order valence-electron chi connectivity index (χ4n) is 5.13. The molecular weight excluding hydrogens is 422 g/mol. The third kappa shape index (κ3) is 6.42. The molecule has 2 aromatic carbocycles. The van der Waals surface area contributed by atoms with Crippen LogP contribution < -0.4 is 5.32 Å². The molecular formula is C29H33N3O2. The number of anilines is 1. The minimum Gasteiger partial charge on any atom is -0.382 e. The van der Waals surface area contributed by atoms with Gasteiger partial charge < -0.3 is 10.1 Å². The van der Waals surface area contributed by atoms with Gasteiger partial charge in [0.1, 0.15) is 6.29 Å². The van der Waals surface area contributed by atoms with Crippen molar-refractivity contribution in [2.75, 3.05) is 18.4 Å². The molecule has 2 aliphatic rings. The number of rotatable bonds is 9. The van der Waals surface area contributed by atoms with E-state index in [1.165, 1.54) is 49.3 Å². The smallest absolute Gasteiger partial charge is 0.185 e. The molecule has 1 saturated carbocycles. The van der Waals surface area contributed by atoms with Crippen LogP contribution in [0.2, 0.25) is 0 Å². The van der Waals surface area contributed by atoms with E-state index < -0.39 is 0 Å². The molecule has 0 unspecified atom stereocenters. The monoisotopic (exact) mass is 455 g/mol. The van der Waals surface area contributed by atoms with E-state index in [-0.39, 0.29) is 12.2 Å². The molecule has 0 bridgehead atoms. The fraction of sp³-hybridized carbons (Fsp3) is 0.414. The predicted molar refractivity (Wildman–Crippen MR) is 135 cm³/mol. The number of carbonyl (C=O) groups is 2. The molecule has 176 valence electrons. The van der Waals surface area contributed by atoms with Crippen LogP contribution in [0.4, 0.5) is 5.69 Å². The van der Waals surface area contributed by atoms with Gasteiger partial charge in [0.15, 0.2) is 5.78 Å². The van der Waals surface area contributed by atoms with E-state index in [1.54, 1.807) is 6.08 Å². The van der Waals surface area contributed by atoms with Crippen molar-refractivity contribution in [2.24, 2.45) is 5.92 Å². The molecule has 0 saturated heterocycles. The third-order valence-electron chi connectivity index (χ3n) is 7.17. The first-order valence-electron chi connectivity index (χ1n) is 12.4. The summed E-state index contributed by atoms with van der Waals surface area (Å²) in [6, 6.07) is 16.5. The summed E-state index contributed by atoms with van der Waals surface area (Å²) in [4.78, 5) is 25.0. The van der Waals surface area contributed by atoms with Crippen molar-refractivity contribution in [2.45, 2.75) is 57.5 Å². The van der Waals surface area contributed by atoms with E-state index in [2.05, 4.69) is 28.4 Å². The highest BCUT2D eigenvalue weighted by atomic mass is 16.1. The number of nitriles is 1. The number of hydrogen-bond acceptors (Lipinski definition) is 5. The van der Waals surface area contributed by atoms with Crippen molar-refractivity contribution in [3.05, 3.63) is 76.9 Å². The van der Waals surface area contributed by atoms with Crippen molar-refractivity contribution < 1.29 is 9.59 Å². The molecule has 5 heteroatoms. The zero-order chi connectivity index (χ0) is 23.8. The van der Waals surface area contributed by atoms with Crippen molar-refractivity contribution in [3.8, 4) is 6.07 Å². The van der Waals surface area contributed by atoms with Crippen LogP contribution in [0.3, 0.4) is 0 Å². The largest absolute Gasteiger partial charge is 0.382 e. The van der Waals surface area contributed by atoms with E-state index >= 15 is 0 Å². The fourth-order valence-corrected chi connectivity index (χ4v) is 5.13. The zero-order valence-corrected chi connectivity index (χ0v) is 19.7. The van der Waals surface area contributed by atoms with Gasteiger partial charge in [0.2, 0.25) is 0 Å². The predicted octanol–water partition coefficient (Wildman–Crippen LogP) is 5.31. The summed E-state index contributed by atoms with van der Waals surface area (Å²) in [6.07, 6.45) is 11.3. The summed E-state index contributed by atoms with van der Waals surface area (Å²) < 4.78 is 0. The van der Waals surface area contributed by atoms with Crippen LogP contribution in [0, 0.1) is 17.2 Å². The highest BCUT2D eigenvalue weighted by Crippen LogP contribution is 2.30. The van der Waals surface area contributed by atoms with E-state index in [4.69, 9.17) is 5.26 Å². The summed E-state index contributed by atoms with van der Waals surface area (Å²) in [5, 5.41) is 12.7. The number of nitrogens with one attached hydrogen (secondary N) is 1. The maximum absolute atomic E-state index is 12.1. The molecule has 5 nitrogen and oxygen atoms in total. The summed E-state index contributed by atoms with van der Waals surface area (Å²) in [7, 11) is 0. The molecule has 1 aliphatic heterocycles. The number of fused-ring (bicyclic) bond motifs is 1. The maximum Gasteiger partial charge on any atom is 0.185 e. The van der Waals surface area contributed by atoms with Gasteiger partial charge in [-0.2, -0.15) is 5.26 Å². The van der Waals surface area contributed by atoms with Crippen LogP contribution in [0.5, 0.6) is 0 Å². The van der Waals surface area contributed by atoms with E-state index in [9.17, 15) is 9.59 Å². The lowest BCUT2D eigenvalue weighted by Crippen LogP contribution is -2.33. The molecule has 1 fully saturated rings. The Labute approximate surface area is 202 Å². The van der Waals surface area contributed by atoms with Gasteiger partial charge >= 0.3 is 0 Å². The number of ketones is 1. The summed E-state index contributed by atoms with van der Waals surface area (Å²) in [6.45, 7) is 3.24. The molecule has 0 aromatic heterocycles. The minimum atomic E-state index is -0.0713. The summed E-state index contributed by atoms with van der Waals surface area (Å²) in [5.41, 5.74) is 5.19. The van der Waals surface area contributed by atoms with Crippen LogP contribution in [0.1, 0.15) is 65.6 Å². The summed E-state index contributed by atoms with van der Waals surface area (Å²) in [5.74, 6) is 0.719. The normalized spacial score (nSPS) is 20.4. The summed E-state index contributed by atoms with van der Waals surface area (Å²) >= 11 is 0. The van der Waals surface area contributed by atoms with Crippen molar-refractivity contribution >= 4 is 17.8 Å². The van der Waals surface area contributed by atoms with Gasteiger partial charge in [-0.15, -0.1) is 0 Å². The molecule has 4 rings (SSSR count). The molecule has 34 heavy (non-hydrogen) atoms. The van der Waals surface area contributed by atoms with E-state index in [0.717, 1.165) is 49.5 Å². The first kappa shape index (κ1) is 23.9. The maximum atomic E-state index is 12.1. The molecule has 1 N–H and O–H groups in total. The quantitative estimate of drug-likeness (QED) is 0.315. The van der Waals surface area contributed by atoms with Gasteiger partial charge in [0, 0.05) is 36.8 Å². The Hall–Kier alpha value is -3.23. The van der Waals surface area contributed by atoms with Gasteiger partial charge in [-0.25, -0.2) is 0 Å². The SMILES string of the molecule is N#Cc1ccc2c(c1)CCN(CCC1CCC(Nc3ccc(C(=O)/C=C/CC=O)cc3)CC1)C2. The molecule has 0 atom stereocenters. The average Bonchev–Trinajstić information content (AvgIpc) is 2.88. The van der Waals surface area contributed by atoms with Crippen molar-refractivity contribution in [3.63, 3.8) is 0 Å². The van der Waals surface area contributed by atoms with Crippen LogP contribution in [-0.4, -0.2) is 36.1 Å². The van der Waals surface area contributed by atoms with Crippen LogP contribution in [0.15, 0.2) is 54.6 Å². The Morgan fingerprint density at radius 3 is 2.62 bits per heavy atom. The molecule has 0 amide bonds. The van der Waals surface area contributed by atoms with E-state index in [0.29, 0.717) is 11.6 Å². The highest BCUT2D eigenvalue weighted by Gasteiger charge is 2.23. The second-order valence-electron chi connectivity index (χ2n) is 9.52. The van der Waals surface area contributed by atoms with Gasteiger partial charge in [-0.05, 0) is 105 Å². The Kier molecular flexibility index (Phi) is 8.27. The lowest BCUT2D eigenvalue weighted by atomic mass is 9.83. The van der Waals surface area contributed by atoms with Gasteiger partial charge in [-0.3, -0.25) is 9.69 Å². The highest BCUT2D eigenvalue weighted by molar-refractivity contribution is 6.04. The molecule has 2 aromatic rings. The van der Waals surface area contributed by atoms with Gasteiger partial charge in [-0.1, -0.05) is 12.1 Å². The number of nitrogens with zero attached hydrogens (tertiary/aromatic N) is 2. The number of benzene rings is 2. The Balaban J connectivity index is 1.18. The van der Waals surface area contributed by atoms with Crippen LogP contribution in [0.25, 0.3) is 0 Å². The Morgan fingerprint density at radius 1 is 1.09 bits per heavy atom. The number of carbonyl (C=O) groups excluding carboxylic acids is 2. The number of allylic oxidation sites excluding steroid dienone is 2. The van der Waals surface area contributed by atoms with Gasteiger partial charge in [0.25, 0.3) is 0 Å². The lowest BCUT2D eigenvalue weighted by molar-refractivity contribution is -0.107. The second-order valence-corrected chi connectivity index (χ2v) is 9.52. The second kappa shape index (κ2) is 11.8. The average molecular weight is 456 g/mol. The topological polar surface area (TPSA) is 73.2 Å². The first-order valence-corrected chi connectivity index (χ1v) is 12.4. The number of hydrogen-bond donors (Lipinski definition) is 1. The zero-order valence-electron chi connectivity index (χ0n) is 19.7. The lowest BCUT2D eigenvalue weighted by Gasteiger charge is -2.33. The number of aldehydes is 1. The van der Waals surface area contributed by atoms with Crippen molar-refractivity contribution in [1.82, 2.24) is 4.90 Å². The molecule has 1 heterocycles. The first-order chi connectivity index (χ1) is 16.6. The molecule has 0 spiro atoms. The van der Waals surface area contributed by atoms with E-state index in [1.807, 2.05) is 30.3 Å². The van der Waals surface area contributed by atoms with Crippen LogP contribution >= 0.6 is 0 Å². The molecule has 0 radical (unpaired) electrons. The van der Waals surface area contributed by atoms with Crippen LogP contribution in [-0.2, 0) is 17.8 Å². The van der Waals surface area contributed by atoms with Crippen molar-refractivity contribution in [1.29, 1.82) is 5.26 Å². The standard InChI is InChI=1S/C29H33N3O2/c30-20-23-4-7-26-21-32(17-15-25(26)19-23)16-14-22-5-10-27(11-6-22)31-28-12-8-24(9-13-28)29(34)3-1-2-18-33/h1,3-4,7-9,12-13,18-19,22,27,31H,2,5-6,10-11,14-17,21H2/b3-1+. The minimum absolute atomic E-state index is 0.0713. The Bertz CT molecular complexity index is 1060. The molecule has 1 aliphatic carbocycles. The van der Waals surface area contributed by atoms with Gasteiger partial charge in [0.05, 0.1) is 11.6 Å². The Morgan fingerprint density at radius 2 is 1.88 bits per heavy atom.